The van der Waals surface area contributed by atoms with E-state index in [-0.39, 0.29) is 5.16 Å². The van der Waals surface area contributed by atoms with Crippen molar-refractivity contribution >= 4 is 23.5 Å². The molecule has 3 nitrogen and oxygen atoms in total. The van der Waals surface area contributed by atoms with E-state index in [4.69, 9.17) is 0 Å². The van der Waals surface area contributed by atoms with Gasteiger partial charge in [-0.15, -0.1) is 0 Å². The number of hydrogen-bond acceptors (Lipinski definition) is 3. The Morgan fingerprint density at radius 1 is 1.33 bits per heavy atom. The first kappa shape index (κ1) is 7.36. The first-order valence-corrected chi connectivity index (χ1v) is 3.90. The fourth-order valence-corrected chi connectivity index (χ4v) is 1.23. The Morgan fingerprint density at radius 2 is 2.08 bits per heavy atom. The quantitative estimate of drug-likeness (QED) is 0.284. The second-order valence-corrected chi connectivity index (χ2v) is 2.81. The van der Waals surface area contributed by atoms with Crippen LogP contribution in [0.15, 0.2) is 35.6 Å². The molecule has 0 radical (unpaired) electrons. The Hall–Kier alpha value is -1.29. The maximum atomic E-state index is 11.3. The molecule has 1 aromatic carbocycles. The zero-order valence-corrected chi connectivity index (χ0v) is 7.03. The van der Waals surface area contributed by atoms with Crippen LogP contribution in [-0.2, 0) is 0 Å². The highest BCUT2D eigenvalue weighted by Gasteiger charge is 2.04. The van der Waals surface area contributed by atoms with Crippen LogP contribution < -0.4 is 4.73 Å². The summed E-state index contributed by atoms with van der Waals surface area (Å²) in [5, 5.41) is 12.3. The molecule has 0 unspecified atom stereocenters. The Labute approximate surface area is 74.7 Å². The largest absolute Gasteiger partial charge is 0.710 e. The summed E-state index contributed by atoms with van der Waals surface area (Å²) in [5.74, 6) is 0. The second kappa shape index (κ2) is 2.64. The standard InChI is InChI=1S/C8H6N2OS/c11-10-7-4-2-1-3-6(7)5-9-8(10)12/h1-5H,(H,9,12). The summed E-state index contributed by atoms with van der Waals surface area (Å²) in [7, 11) is 0. The molecule has 0 fully saturated rings. The van der Waals surface area contributed by atoms with E-state index in [2.05, 4.69) is 17.6 Å². The SMILES string of the molecule is [O-][n+]1c(S)ncc2ccccc21. The maximum Gasteiger partial charge on any atom is 0.359 e. The first-order valence-electron chi connectivity index (χ1n) is 3.45. The first-order chi connectivity index (χ1) is 5.79. The van der Waals surface area contributed by atoms with E-state index in [1.165, 1.54) is 0 Å². The molecule has 0 aliphatic rings. The minimum atomic E-state index is 0.175. The molecule has 12 heavy (non-hydrogen) atoms. The lowest BCUT2D eigenvalue weighted by atomic mass is 10.2. The molecule has 1 aromatic heterocycles. The molecular formula is C8H6N2OS. The Balaban J connectivity index is 2.91. The molecule has 0 saturated heterocycles. The van der Waals surface area contributed by atoms with Crippen LogP contribution in [-0.4, -0.2) is 4.98 Å². The van der Waals surface area contributed by atoms with Crippen molar-refractivity contribution in [3.05, 3.63) is 35.7 Å². The smallest absolute Gasteiger partial charge is 0.359 e. The molecule has 0 saturated carbocycles. The zero-order valence-electron chi connectivity index (χ0n) is 6.14. The molecule has 1 heterocycles. The molecule has 4 heteroatoms. The summed E-state index contributed by atoms with van der Waals surface area (Å²) in [6, 6.07) is 7.25. The summed E-state index contributed by atoms with van der Waals surface area (Å²) in [4.78, 5) is 3.82. The lowest BCUT2D eigenvalue weighted by molar-refractivity contribution is -0.623. The molecule has 2 rings (SSSR count). The minimum Gasteiger partial charge on any atom is -0.710 e. The summed E-state index contributed by atoms with van der Waals surface area (Å²) in [6.07, 6.45) is 1.63. The van der Waals surface area contributed by atoms with Crippen LogP contribution in [0.25, 0.3) is 10.9 Å². The lowest BCUT2D eigenvalue weighted by Gasteiger charge is -2.04. The van der Waals surface area contributed by atoms with Crippen molar-refractivity contribution in [2.75, 3.05) is 0 Å². The van der Waals surface area contributed by atoms with Crippen molar-refractivity contribution in [1.82, 2.24) is 4.98 Å². The Morgan fingerprint density at radius 3 is 2.92 bits per heavy atom. The maximum absolute atomic E-state index is 11.3. The third-order valence-electron chi connectivity index (χ3n) is 1.66. The Kier molecular flexibility index (Phi) is 1.62. The van der Waals surface area contributed by atoms with E-state index in [0.29, 0.717) is 10.2 Å². The number of aromatic nitrogens is 2. The molecule has 60 valence electrons. The van der Waals surface area contributed by atoms with Gasteiger partial charge in [-0.2, -0.15) is 0 Å². The highest BCUT2D eigenvalue weighted by molar-refractivity contribution is 7.79. The zero-order chi connectivity index (χ0) is 8.55. The molecule has 0 spiro atoms. The van der Waals surface area contributed by atoms with E-state index >= 15 is 0 Å². The van der Waals surface area contributed by atoms with Gasteiger partial charge in [-0.25, -0.2) is 4.73 Å². The van der Waals surface area contributed by atoms with Crippen LogP contribution in [0.5, 0.6) is 0 Å². The number of thiol groups is 1. The van der Waals surface area contributed by atoms with Gasteiger partial charge in [0.2, 0.25) is 0 Å². The van der Waals surface area contributed by atoms with Gasteiger partial charge >= 0.3 is 5.16 Å². The lowest BCUT2D eigenvalue weighted by Crippen LogP contribution is -2.30. The number of benzene rings is 1. The number of para-hydroxylation sites is 1. The number of rotatable bonds is 0. The third-order valence-corrected chi connectivity index (χ3v) is 1.95. The van der Waals surface area contributed by atoms with Gasteiger partial charge in [0, 0.05) is 0 Å². The van der Waals surface area contributed by atoms with Crippen LogP contribution >= 0.6 is 12.6 Å². The van der Waals surface area contributed by atoms with E-state index in [1.54, 1.807) is 12.3 Å². The van der Waals surface area contributed by atoms with E-state index in [1.807, 2.05) is 18.2 Å². The summed E-state index contributed by atoms with van der Waals surface area (Å²) in [6.45, 7) is 0. The van der Waals surface area contributed by atoms with Crippen molar-refractivity contribution < 1.29 is 4.73 Å². The molecule has 0 amide bonds. The van der Waals surface area contributed by atoms with Crippen LogP contribution in [0.1, 0.15) is 0 Å². The van der Waals surface area contributed by atoms with Gasteiger partial charge in [0.15, 0.2) is 6.20 Å². The summed E-state index contributed by atoms with van der Waals surface area (Å²) >= 11 is 3.91. The van der Waals surface area contributed by atoms with Crippen LogP contribution in [0.3, 0.4) is 0 Å². The van der Waals surface area contributed by atoms with Gasteiger partial charge in [0.25, 0.3) is 0 Å². The summed E-state index contributed by atoms with van der Waals surface area (Å²) in [5.41, 5.74) is 0.595. The molecule has 2 aromatic rings. The van der Waals surface area contributed by atoms with E-state index in [0.717, 1.165) is 5.39 Å². The van der Waals surface area contributed by atoms with Crippen molar-refractivity contribution in [3.8, 4) is 0 Å². The van der Waals surface area contributed by atoms with Gasteiger partial charge < -0.3 is 5.21 Å². The second-order valence-electron chi connectivity index (χ2n) is 2.41. The highest BCUT2D eigenvalue weighted by atomic mass is 32.1. The molecule has 0 N–H and O–H groups in total. The minimum absolute atomic E-state index is 0.175. The normalized spacial score (nSPS) is 10.4. The van der Waals surface area contributed by atoms with Gasteiger partial charge in [0.1, 0.15) is 5.52 Å². The van der Waals surface area contributed by atoms with Crippen LogP contribution in [0, 0.1) is 5.21 Å². The van der Waals surface area contributed by atoms with Gasteiger partial charge in [-0.05, 0) is 17.1 Å². The monoisotopic (exact) mass is 178 g/mol. The van der Waals surface area contributed by atoms with E-state index < -0.39 is 0 Å². The topological polar surface area (TPSA) is 39.8 Å². The predicted octanol–water partition coefficient (Wildman–Crippen LogP) is 1.16. The number of hydrogen-bond donors (Lipinski definition) is 1. The fourth-order valence-electron chi connectivity index (χ4n) is 1.07. The predicted molar refractivity (Wildman–Crippen MR) is 48.0 cm³/mol. The number of nitrogens with zero attached hydrogens (tertiary/aromatic N) is 2. The molecule has 0 aliphatic carbocycles. The third kappa shape index (κ3) is 1.00. The fraction of sp³-hybridized carbons (Fsp3) is 0. The summed E-state index contributed by atoms with van der Waals surface area (Å²) < 4.78 is 0.707. The number of fused-ring (bicyclic) bond motifs is 1. The molecule has 0 atom stereocenters. The van der Waals surface area contributed by atoms with Crippen LogP contribution in [0.4, 0.5) is 0 Å². The van der Waals surface area contributed by atoms with Crippen molar-refractivity contribution in [3.63, 3.8) is 0 Å². The van der Waals surface area contributed by atoms with Gasteiger partial charge in [0.05, 0.1) is 5.39 Å². The molecule has 0 aliphatic heterocycles. The van der Waals surface area contributed by atoms with Gasteiger partial charge in [-0.3, -0.25) is 0 Å². The van der Waals surface area contributed by atoms with Crippen LogP contribution in [0.2, 0.25) is 0 Å². The Bertz CT molecular complexity index is 430. The molecule has 0 bridgehead atoms. The molecular weight excluding hydrogens is 172 g/mol. The van der Waals surface area contributed by atoms with Crippen molar-refractivity contribution in [2.24, 2.45) is 0 Å². The van der Waals surface area contributed by atoms with Crippen molar-refractivity contribution in [1.29, 1.82) is 0 Å². The van der Waals surface area contributed by atoms with E-state index in [9.17, 15) is 5.21 Å². The van der Waals surface area contributed by atoms with Crippen molar-refractivity contribution in [2.45, 2.75) is 5.16 Å². The van der Waals surface area contributed by atoms with Gasteiger partial charge in [-0.1, -0.05) is 24.8 Å². The average molecular weight is 178 g/mol. The highest BCUT2D eigenvalue weighted by Crippen LogP contribution is 2.08. The average Bonchev–Trinajstić information content (AvgIpc) is 2.12.